The number of halogens is 1. The van der Waals surface area contributed by atoms with Crippen LogP contribution in [0, 0.1) is 0 Å². The van der Waals surface area contributed by atoms with Crippen molar-refractivity contribution in [3.8, 4) is 0 Å². The van der Waals surface area contributed by atoms with Crippen LogP contribution in [0.3, 0.4) is 0 Å². The van der Waals surface area contributed by atoms with Crippen LogP contribution in [0.1, 0.15) is 12.8 Å². The third kappa shape index (κ3) is 2.70. The second-order valence-electron chi connectivity index (χ2n) is 4.97. The highest BCUT2D eigenvalue weighted by Crippen LogP contribution is 2.35. The minimum atomic E-state index is -3.22. The monoisotopic (exact) mass is 301 g/mol. The van der Waals surface area contributed by atoms with Crippen molar-refractivity contribution in [1.82, 2.24) is 10.3 Å². The number of hydrogen-bond donors (Lipinski definition) is 1. The van der Waals surface area contributed by atoms with E-state index in [1.807, 2.05) is 0 Å². The highest BCUT2D eigenvalue weighted by atomic mass is 35.5. The van der Waals surface area contributed by atoms with E-state index in [9.17, 15) is 8.42 Å². The van der Waals surface area contributed by atoms with Gasteiger partial charge in [0.2, 0.25) is 0 Å². The molecule has 104 valence electrons. The molecule has 0 spiro atoms. The largest absolute Gasteiger partial charge is 0.354 e. The normalized spacial score (nSPS) is 20.6. The van der Waals surface area contributed by atoms with E-state index in [-0.39, 0.29) is 10.4 Å². The molecule has 3 rings (SSSR count). The maximum atomic E-state index is 12.3. The van der Waals surface area contributed by atoms with Crippen molar-refractivity contribution in [3.63, 3.8) is 0 Å². The predicted molar refractivity (Wildman–Crippen MR) is 74.5 cm³/mol. The van der Waals surface area contributed by atoms with E-state index >= 15 is 0 Å². The maximum absolute atomic E-state index is 12.3. The Morgan fingerprint density at radius 1 is 1.26 bits per heavy atom. The summed E-state index contributed by atoms with van der Waals surface area (Å²) in [5.41, 5.74) is 0. The van der Waals surface area contributed by atoms with Crippen LogP contribution >= 0.6 is 11.6 Å². The Morgan fingerprint density at radius 2 is 1.95 bits per heavy atom. The highest BCUT2D eigenvalue weighted by molar-refractivity contribution is 7.92. The van der Waals surface area contributed by atoms with Crippen molar-refractivity contribution in [2.75, 3.05) is 31.1 Å². The van der Waals surface area contributed by atoms with E-state index in [1.165, 1.54) is 6.07 Å². The van der Waals surface area contributed by atoms with Crippen LogP contribution in [0.25, 0.3) is 0 Å². The molecule has 2 fully saturated rings. The van der Waals surface area contributed by atoms with Gasteiger partial charge in [-0.05, 0) is 25.0 Å². The van der Waals surface area contributed by atoms with E-state index in [2.05, 4.69) is 15.2 Å². The third-order valence-electron chi connectivity index (χ3n) is 3.49. The first-order valence-corrected chi connectivity index (χ1v) is 8.37. The fraction of sp³-hybridized carbons (Fsp3) is 0.583. The summed E-state index contributed by atoms with van der Waals surface area (Å²) >= 11 is 5.98. The van der Waals surface area contributed by atoms with Crippen molar-refractivity contribution in [1.29, 1.82) is 0 Å². The van der Waals surface area contributed by atoms with Crippen molar-refractivity contribution in [3.05, 3.63) is 17.3 Å². The number of nitrogens with one attached hydrogen (secondary N) is 1. The Morgan fingerprint density at radius 3 is 2.58 bits per heavy atom. The number of hydrogen-bond acceptors (Lipinski definition) is 5. The van der Waals surface area contributed by atoms with Gasteiger partial charge in [-0.1, -0.05) is 11.6 Å². The summed E-state index contributed by atoms with van der Waals surface area (Å²) < 4.78 is 24.5. The van der Waals surface area contributed by atoms with Crippen LogP contribution in [0.15, 0.2) is 17.0 Å². The van der Waals surface area contributed by atoms with E-state index in [0.29, 0.717) is 10.7 Å². The second kappa shape index (κ2) is 4.92. The second-order valence-corrected chi connectivity index (χ2v) is 7.58. The molecular weight excluding hydrogens is 286 g/mol. The van der Waals surface area contributed by atoms with Gasteiger partial charge in [-0.15, -0.1) is 0 Å². The van der Waals surface area contributed by atoms with Gasteiger partial charge >= 0.3 is 0 Å². The van der Waals surface area contributed by atoms with E-state index in [1.54, 1.807) is 6.07 Å². The molecule has 0 unspecified atom stereocenters. The molecule has 1 aromatic rings. The van der Waals surface area contributed by atoms with E-state index in [0.717, 1.165) is 39.0 Å². The number of pyridine rings is 1. The first-order valence-electron chi connectivity index (χ1n) is 6.44. The van der Waals surface area contributed by atoms with Gasteiger partial charge in [0.1, 0.15) is 11.0 Å². The van der Waals surface area contributed by atoms with Crippen molar-refractivity contribution in [2.24, 2.45) is 0 Å². The van der Waals surface area contributed by atoms with Crippen molar-refractivity contribution >= 4 is 27.3 Å². The molecule has 0 amide bonds. The molecule has 1 saturated carbocycles. The molecular formula is C12H16ClN3O2S. The Bertz CT molecular complexity index is 581. The summed E-state index contributed by atoms with van der Waals surface area (Å²) in [4.78, 5) is 6.62. The fourth-order valence-corrected chi connectivity index (χ4v) is 4.21. The molecule has 0 atom stereocenters. The lowest BCUT2D eigenvalue weighted by Gasteiger charge is -2.28. The van der Waals surface area contributed by atoms with Gasteiger partial charge in [-0.25, -0.2) is 13.4 Å². The molecule has 1 aliphatic carbocycles. The van der Waals surface area contributed by atoms with Gasteiger partial charge in [0, 0.05) is 26.2 Å². The lowest BCUT2D eigenvalue weighted by molar-refractivity contribution is 0.583. The summed E-state index contributed by atoms with van der Waals surface area (Å²) in [6.07, 6.45) is 1.51. The average Bonchev–Trinajstić information content (AvgIpc) is 3.24. The molecule has 0 radical (unpaired) electrons. The maximum Gasteiger partial charge on any atom is 0.181 e. The molecule has 2 aliphatic rings. The zero-order valence-electron chi connectivity index (χ0n) is 10.5. The standard InChI is InChI=1S/C12H16ClN3O2S/c13-11-7-10(19(17,18)9-1-2-9)8-12(15-11)16-5-3-14-4-6-16/h7-9,14H,1-6H2. The van der Waals surface area contributed by atoms with Crippen LogP contribution in [0.4, 0.5) is 5.82 Å². The van der Waals surface area contributed by atoms with Crippen molar-refractivity contribution in [2.45, 2.75) is 23.0 Å². The van der Waals surface area contributed by atoms with Gasteiger partial charge in [0.25, 0.3) is 0 Å². The Kier molecular flexibility index (Phi) is 3.41. The Hall–Kier alpha value is -0.850. The number of nitrogens with zero attached hydrogens (tertiary/aromatic N) is 2. The Balaban J connectivity index is 1.95. The molecule has 1 N–H and O–H groups in total. The summed E-state index contributed by atoms with van der Waals surface area (Å²) in [7, 11) is -3.22. The van der Waals surface area contributed by atoms with Crippen molar-refractivity contribution < 1.29 is 8.42 Å². The fourth-order valence-electron chi connectivity index (χ4n) is 2.25. The molecule has 7 heteroatoms. The van der Waals surface area contributed by atoms with Gasteiger partial charge in [-0.3, -0.25) is 0 Å². The summed E-state index contributed by atoms with van der Waals surface area (Å²) in [6, 6.07) is 3.12. The highest BCUT2D eigenvalue weighted by Gasteiger charge is 2.37. The molecule has 1 aliphatic heterocycles. The third-order valence-corrected chi connectivity index (χ3v) is 5.92. The lowest BCUT2D eigenvalue weighted by atomic mass is 10.3. The molecule has 0 aromatic carbocycles. The number of piperazine rings is 1. The minimum absolute atomic E-state index is 0.221. The van der Waals surface area contributed by atoms with Crippen LogP contribution in [-0.2, 0) is 9.84 Å². The van der Waals surface area contributed by atoms with Crippen LogP contribution in [0.5, 0.6) is 0 Å². The first-order chi connectivity index (χ1) is 9.07. The van der Waals surface area contributed by atoms with Gasteiger partial charge < -0.3 is 10.2 Å². The number of rotatable bonds is 3. The van der Waals surface area contributed by atoms with Gasteiger partial charge in [0.05, 0.1) is 10.1 Å². The van der Waals surface area contributed by atoms with E-state index in [4.69, 9.17) is 11.6 Å². The molecule has 5 nitrogen and oxygen atoms in total. The zero-order valence-corrected chi connectivity index (χ0v) is 12.0. The summed E-state index contributed by atoms with van der Waals surface area (Å²) in [5.74, 6) is 0.660. The summed E-state index contributed by atoms with van der Waals surface area (Å²) in [5, 5.41) is 3.28. The molecule has 19 heavy (non-hydrogen) atoms. The number of aromatic nitrogens is 1. The van der Waals surface area contributed by atoms with Gasteiger partial charge in [-0.2, -0.15) is 0 Å². The van der Waals surface area contributed by atoms with E-state index < -0.39 is 9.84 Å². The summed E-state index contributed by atoms with van der Waals surface area (Å²) in [6.45, 7) is 3.38. The molecule has 1 saturated heterocycles. The molecule has 0 bridgehead atoms. The minimum Gasteiger partial charge on any atom is -0.354 e. The van der Waals surface area contributed by atoms with Crippen LogP contribution < -0.4 is 10.2 Å². The average molecular weight is 302 g/mol. The smallest absolute Gasteiger partial charge is 0.181 e. The number of anilines is 1. The topological polar surface area (TPSA) is 62.3 Å². The quantitative estimate of drug-likeness (QED) is 0.847. The lowest BCUT2D eigenvalue weighted by Crippen LogP contribution is -2.44. The number of sulfone groups is 1. The van der Waals surface area contributed by atoms with Gasteiger partial charge in [0.15, 0.2) is 9.84 Å². The molecule has 2 heterocycles. The first kappa shape index (κ1) is 13.1. The Labute approximate surface area is 117 Å². The predicted octanol–water partition coefficient (Wildman–Crippen LogP) is 1.08. The zero-order chi connectivity index (χ0) is 13.5. The SMILES string of the molecule is O=S(=O)(c1cc(Cl)nc(N2CCNCC2)c1)C1CC1. The van der Waals surface area contributed by atoms with Crippen LogP contribution in [-0.4, -0.2) is 44.8 Å². The molecule has 1 aromatic heterocycles. The van der Waals surface area contributed by atoms with Crippen LogP contribution in [0.2, 0.25) is 5.15 Å².